The number of sulfonamides is 1. The average molecular weight is 377 g/mol. The zero-order valence-corrected chi connectivity index (χ0v) is 14.7. The summed E-state index contributed by atoms with van der Waals surface area (Å²) in [6, 6.07) is 10.3. The average Bonchev–Trinajstić information content (AvgIpc) is 2.68. The van der Waals surface area contributed by atoms with Crippen LogP contribution in [0.5, 0.6) is 5.75 Å². The predicted octanol–water partition coefficient (Wildman–Crippen LogP) is 0.612. The molecule has 0 atom stereocenters. The van der Waals surface area contributed by atoms with Crippen molar-refractivity contribution >= 4 is 21.5 Å². The van der Waals surface area contributed by atoms with Crippen LogP contribution in [-0.2, 0) is 14.8 Å². The van der Waals surface area contributed by atoms with Crippen molar-refractivity contribution in [3.8, 4) is 5.75 Å². The molecular formula is C17H19N3O5S. The molecular weight excluding hydrogens is 358 g/mol. The first kappa shape index (κ1) is 18.3. The van der Waals surface area contributed by atoms with E-state index in [0.717, 1.165) is 0 Å². The van der Waals surface area contributed by atoms with Crippen molar-refractivity contribution in [3.63, 3.8) is 0 Å². The van der Waals surface area contributed by atoms with Gasteiger partial charge < -0.3 is 14.7 Å². The number of phenolic OH excluding ortho intramolecular Hbond substituents is 1. The third-order valence-electron chi connectivity index (χ3n) is 4.16. The monoisotopic (exact) mass is 377 g/mol. The van der Waals surface area contributed by atoms with Crippen LogP contribution in [0.15, 0.2) is 47.4 Å². The van der Waals surface area contributed by atoms with E-state index in [1.54, 1.807) is 17.0 Å². The minimum atomic E-state index is -4.05. The molecule has 0 bridgehead atoms. The van der Waals surface area contributed by atoms with Crippen LogP contribution < -0.4 is 15.6 Å². The Kier molecular flexibility index (Phi) is 5.23. The Labute approximate surface area is 151 Å². The minimum Gasteiger partial charge on any atom is -0.508 e. The molecule has 0 unspecified atom stereocenters. The maximum Gasteiger partial charge on any atom is 0.253 e. The topological polar surface area (TPSA) is 122 Å². The highest BCUT2D eigenvalue weighted by Crippen LogP contribution is 2.30. The molecule has 4 N–H and O–H groups in total. The van der Waals surface area contributed by atoms with E-state index in [1.165, 1.54) is 30.3 Å². The first-order valence-electron chi connectivity index (χ1n) is 7.96. The summed E-state index contributed by atoms with van der Waals surface area (Å²) >= 11 is 0. The molecule has 3 rings (SSSR count). The number of nitrogens with one attached hydrogen (secondary N) is 1. The summed E-state index contributed by atoms with van der Waals surface area (Å²) in [6.07, 6.45) is 0. The van der Waals surface area contributed by atoms with Gasteiger partial charge in [-0.1, -0.05) is 6.07 Å². The Morgan fingerprint density at radius 1 is 1.12 bits per heavy atom. The van der Waals surface area contributed by atoms with Crippen molar-refractivity contribution in [2.24, 2.45) is 5.84 Å². The third-order valence-corrected chi connectivity index (χ3v) is 5.39. The van der Waals surface area contributed by atoms with Crippen LogP contribution in [0, 0.1) is 0 Å². The molecule has 0 amide bonds. The Morgan fingerprint density at radius 2 is 1.77 bits per heavy atom. The van der Waals surface area contributed by atoms with E-state index in [1.807, 2.05) is 4.90 Å². The summed E-state index contributed by atoms with van der Waals surface area (Å²) in [5, 5.41) is 9.43. The number of morpholine rings is 1. The number of rotatable bonds is 5. The molecule has 2 aromatic rings. The standard InChI is InChI=1S/C17H19N3O5S/c18-19-26(23,24)15-3-1-2-14(20-8-10-25-11-9-20)16(15)17(22)12-4-6-13(21)7-5-12/h1-7,19,21H,8-11,18H2. The number of carbonyl (C=O) groups is 1. The molecule has 1 heterocycles. The van der Waals surface area contributed by atoms with Crippen LogP contribution >= 0.6 is 0 Å². The second-order valence-corrected chi connectivity index (χ2v) is 7.43. The molecule has 0 aromatic heterocycles. The van der Waals surface area contributed by atoms with Crippen LogP contribution in [0.2, 0.25) is 0 Å². The number of benzene rings is 2. The van der Waals surface area contributed by atoms with E-state index in [2.05, 4.69) is 0 Å². The van der Waals surface area contributed by atoms with Gasteiger partial charge in [0.25, 0.3) is 10.0 Å². The van der Waals surface area contributed by atoms with E-state index >= 15 is 0 Å². The molecule has 138 valence electrons. The molecule has 9 heteroatoms. The van der Waals surface area contributed by atoms with Crippen LogP contribution in [0.1, 0.15) is 15.9 Å². The van der Waals surface area contributed by atoms with Crippen molar-refractivity contribution in [1.29, 1.82) is 0 Å². The van der Waals surface area contributed by atoms with Gasteiger partial charge in [0.2, 0.25) is 0 Å². The zero-order valence-electron chi connectivity index (χ0n) is 13.9. The van der Waals surface area contributed by atoms with Crippen molar-refractivity contribution in [1.82, 2.24) is 4.83 Å². The van der Waals surface area contributed by atoms with Gasteiger partial charge >= 0.3 is 0 Å². The highest BCUT2D eigenvalue weighted by molar-refractivity contribution is 7.89. The quantitative estimate of drug-likeness (QED) is 0.396. The molecule has 0 saturated carbocycles. The number of nitrogens with zero attached hydrogens (tertiary/aromatic N) is 1. The lowest BCUT2D eigenvalue weighted by molar-refractivity contribution is 0.103. The van der Waals surface area contributed by atoms with Crippen LogP contribution in [0.3, 0.4) is 0 Å². The number of anilines is 1. The number of hydrazine groups is 1. The summed E-state index contributed by atoms with van der Waals surface area (Å²) in [5.41, 5.74) is 0.803. The fraction of sp³-hybridized carbons (Fsp3) is 0.235. The number of hydrogen-bond donors (Lipinski definition) is 3. The van der Waals surface area contributed by atoms with Gasteiger partial charge in [-0.05, 0) is 36.4 Å². The van der Waals surface area contributed by atoms with E-state index in [-0.39, 0.29) is 21.8 Å². The second kappa shape index (κ2) is 7.42. The number of phenols is 1. The van der Waals surface area contributed by atoms with Gasteiger partial charge in [-0.2, -0.15) is 4.83 Å². The number of aromatic hydroxyl groups is 1. The first-order valence-corrected chi connectivity index (χ1v) is 9.44. The van der Waals surface area contributed by atoms with E-state index < -0.39 is 15.8 Å². The number of ether oxygens (including phenoxy) is 1. The summed E-state index contributed by atoms with van der Waals surface area (Å²) in [4.78, 5) is 16.6. The first-order chi connectivity index (χ1) is 12.4. The van der Waals surface area contributed by atoms with E-state index in [4.69, 9.17) is 10.6 Å². The fourth-order valence-corrected chi connectivity index (χ4v) is 3.71. The third kappa shape index (κ3) is 3.56. The number of ketones is 1. The number of carbonyl (C=O) groups excluding carboxylic acids is 1. The molecule has 1 aliphatic rings. The van der Waals surface area contributed by atoms with Gasteiger partial charge in [0.1, 0.15) is 5.75 Å². The molecule has 0 aliphatic carbocycles. The molecule has 8 nitrogen and oxygen atoms in total. The lowest BCUT2D eigenvalue weighted by Crippen LogP contribution is -2.38. The van der Waals surface area contributed by atoms with Crippen molar-refractivity contribution in [2.45, 2.75) is 4.90 Å². The molecule has 0 radical (unpaired) electrons. The number of nitrogens with two attached hydrogens (primary N) is 1. The molecule has 0 spiro atoms. The van der Waals surface area contributed by atoms with Gasteiger partial charge in [-0.15, -0.1) is 0 Å². The highest BCUT2D eigenvalue weighted by atomic mass is 32.2. The highest BCUT2D eigenvalue weighted by Gasteiger charge is 2.28. The minimum absolute atomic E-state index is 0.0134. The zero-order chi connectivity index (χ0) is 18.7. The maximum absolute atomic E-state index is 13.1. The van der Waals surface area contributed by atoms with Gasteiger partial charge in [0.15, 0.2) is 5.78 Å². The van der Waals surface area contributed by atoms with Gasteiger partial charge in [-0.3, -0.25) is 10.6 Å². The van der Waals surface area contributed by atoms with Crippen LogP contribution in [0.25, 0.3) is 0 Å². The van der Waals surface area contributed by atoms with Crippen molar-refractivity contribution in [2.75, 3.05) is 31.2 Å². The molecule has 1 aliphatic heterocycles. The summed E-state index contributed by atoms with van der Waals surface area (Å²) in [6.45, 7) is 2.04. The Balaban J connectivity index is 2.18. The summed E-state index contributed by atoms with van der Waals surface area (Å²) in [5.74, 6) is 4.72. The molecule has 26 heavy (non-hydrogen) atoms. The Hall–Kier alpha value is -2.46. The van der Waals surface area contributed by atoms with Crippen molar-refractivity contribution in [3.05, 3.63) is 53.6 Å². The van der Waals surface area contributed by atoms with Crippen molar-refractivity contribution < 1.29 is 23.1 Å². The van der Waals surface area contributed by atoms with E-state index in [9.17, 15) is 18.3 Å². The van der Waals surface area contributed by atoms with E-state index in [0.29, 0.717) is 32.0 Å². The lowest BCUT2D eigenvalue weighted by Gasteiger charge is -2.31. The maximum atomic E-state index is 13.1. The van der Waals surface area contributed by atoms with Gasteiger partial charge in [-0.25, -0.2) is 8.42 Å². The van der Waals surface area contributed by atoms with Gasteiger partial charge in [0, 0.05) is 24.3 Å². The SMILES string of the molecule is NNS(=O)(=O)c1cccc(N2CCOCC2)c1C(=O)c1ccc(O)cc1. The smallest absolute Gasteiger partial charge is 0.253 e. The molecule has 2 aromatic carbocycles. The normalized spacial score (nSPS) is 15.0. The summed E-state index contributed by atoms with van der Waals surface area (Å²) in [7, 11) is -4.05. The van der Waals surface area contributed by atoms with Crippen LogP contribution in [0.4, 0.5) is 5.69 Å². The summed E-state index contributed by atoms with van der Waals surface area (Å²) < 4.78 is 30.1. The predicted molar refractivity (Wildman–Crippen MR) is 95.5 cm³/mol. The molecule has 1 fully saturated rings. The van der Waals surface area contributed by atoms with Crippen LogP contribution in [-0.4, -0.2) is 45.6 Å². The Bertz CT molecular complexity index is 906. The Morgan fingerprint density at radius 3 is 2.38 bits per heavy atom. The second-order valence-electron chi connectivity index (χ2n) is 5.75. The molecule has 1 saturated heterocycles. The largest absolute Gasteiger partial charge is 0.508 e. The van der Waals surface area contributed by atoms with Gasteiger partial charge in [0.05, 0.1) is 23.7 Å². The lowest BCUT2D eigenvalue weighted by atomic mass is 10.0. The fourth-order valence-electron chi connectivity index (χ4n) is 2.86. The number of hydrogen-bond acceptors (Lipinski definition) is 7.